The SMILES string of the molecule is Cl.[O-][S+]([Zn])c1ccccc1. The molecular weight excluding hydrogens is 221 g/mol. The van der Waals surface area contributed by atoms with Crippen molar-refractivity contribution in [2.45, 2.75) is 4.90 Å². The predicted molar refractivity (Wildman–Crippen MR) is 40.1 cm³/mol. The summed E-state index contributed by atoms with van der Waals surface area (Å²) in [5, 5.41) is 0. The van der Waals surface area contributed by atoms with E-state index in [1.54, 1.807) is 0 Å². The van der Waals surface area contributed by atoms with E-state index >= 15 is 0 Å². The maximum absolute atomic E-state index is 10.8. The summed E-state index contributed by atoms with van der Waals surface area (Å²) in [6, 6.07) is 9.52. The molecule has 0 aliphatic carbocycles. The van der Waals surface area contributed by atoms with Crippen molar-refractivity contribution in [1.82, 2.24) is 0 Å². The van der Waals surface area contributed by atoms with Gasteiger partial charge < -0.3 is 0 Å². The Bertz CT molecular complexity index is 180. The van der Waals surface area contributed by atoms with E-state index in [1.165, 1.54) is 0 Å². The zero-order chi connectivity index (χ0) is 6.69. The fourth-order valence-corrected chi connectivity index (χ4v) is 2.24. The van der Waals surface area contributed by atoms with E-state index in [9.17, 15) is 4.55 Å². The topological polar surface area (TPSA) is 23.1 Å². The molecule has 4 heteroatoms. The summed E-state index contributed by atoms with van der Waals surface area (Å²) in [6.45, 7) is 0. The molecule has 0 aliphatic rings. The van der Waals surface area contributed by atoms with Crippen molar-refractivity contribution in [2.75, 3.05) is 0 Å². The Hall–Kier alpha value is 0.443. The summed E-state index contributed by atoms with van der Waals surface area (Å²) < 4.78 is 10.8. The van der Waals surface area contributed by atoms with Gasteiger partial charge in [-0.15, -0.1) is 12.4 Å². The number of benzene rings is 1. The molecular formula is C6H6ClOSZn. The first-order valence-electron chi connectivity index (χ1n) is 2.57. The zero-order valence-corrected chi connectivity index (χ0v) is 9.92. The van der Waals surface area contributed by atoms with Crippen LogP contribution in [0.3, 0.4) is 0 Å². The van der Waals surface area contributed by atoms with E-state index in [0.29, 0.717) is 0 Å². The predicted octanol–water partition coefficient (Wildman–Crippen LogP) is 1.68. The van der Waals surface area contributed by atoms with Gasteiger partial charge in [-0.2, -0.15) is 0 Å². The van der Waals surface area contributed by atoms with Crippen molar-refractivity contribution in [2.24, 2.45) is 0 Å². The van der Waals surface area contributed by atoms with Crippen LogP contribution in [0, 0.1) is 0 Å². The molecule has 1 unspecified atom stereocenters. The van der Waals surface area contributed by atoms with Crippen LogP contribution in [-0.2, 0) is 26.3 Å². The van der Waals surface area contributed by atoms with Crippen molar-refractivity contribution in [3.63, 3.8) is 0 Å². The van der Waals surface area contributed by atoms with Crippen LogP contribution in [0.2, 0.25) is 0 Å². The third-order valence-electron chi connectivity index (χ3n) is 1.01. The van der Waals surface area contributed by atoms with E-state index in [1.807, 2.05) is 30.3 Å². The molecule has 0 saturated heterocycles. The van der Waals surface area contributed by atoms with Crippen molar-refractivity contribution in [3.8, 4) is 0 Å². The van der Waals surface area contributed by atoms with Gasteiger partial charge in [-0.3, -0.25) is 0 Å². The minimum atomic E-state index is -0.704. The molecule has 0 aromatic heterocycles. The van der Waals surface area contributed by atoms with Crippen molar-refractivity contribution in [3.05, 3.63) is 30.3 Å². The number of hydrogen-bond donors (Lipinski definition) is 0. The molecule has 1 atom stereocenters. The van der Waals surface area contributed by atoms with Crippen LogP contribution in [0.4, 0.5) is 0 Å². The van der Waals surface area contributed by atoms with Crippen molar-refractivity contribution < 1.29 is 21.6 Å². The van der Waals surface area contributed by atoms with Crippen molar-refractivity contribution in [1.29, 1.82) is 0 Å². The first-order chi connectivity index (χ1) is 4.30. The average Bonchev–Trinajstić information content (AvgIpc) is 1.90. The second-order valence-corrected chi connectivity index (χ2v) is 6.12. The van der Waals surface area contributed by atoms with Gasteiger partial charge in [0.2, 0.25) is 0 Å². The summed E-state index contributed by atoms with van der Waals surface area (Å²) in [6.07, 6.45) is 0. The van der Waals surface area contributed by atoms with Crippen LogP contribution in [0.5, 0.6) is 0 Å². The normalized spacial score (nSPS) is 11.9. The van der Waals surface area contributed by atoms with Crippen LogP contribution in [-0.4, -0.2) is 4.55 Å². The standard InChI is InChI=1S/C6H6OS.ClH.Zn/c7-8-6-4-2-1-3-5-6;;/h1-5,7H;1H;/q;;+1/p-1. The van der Waals surface area contributed by atoms with Crippen LogP contribution < -0.4 is 0 Å². The molecule has 0 N–H and O–H groups in total. The first kappa shape index (κ1) is 10.4. The van der Waals surface area contributed by atoms with E-state index < -0.39 is 9.17 Å². The molecule has 0 fully saturated rings. The van der Waals surface area contributed by atoms with Crippen LogP contribution in [0.1, 0.15) is 0 Å². The summed E-state index contributed by atoms with van der Waals surface area (Å²) in [5.74, 6) is 0. The molecule has 0 radical (unpaired) electrons. The van der Waals surface area contributed by atoms with Crippen molar-refractivity contribution >= 4 is 21.6 Å². The molecule has 1 rings (SSSR count). The van der Waals surface area contributed by atoms with Gasteiger partial charge in [-0.1, -0.05) is 0 Å². The van der Waals surface area contributed by atoms with E-state index in [2.05, 4.69) is 0 Å². The second kappa shape index (κ2) is 5.14. The van der Waals surface area contributed by atoms with Gasteiger partial charge >= 0.3 is 66.0 Å². The Labute approximate surface area is 78.3 Å². The van der Waals surface area contributed by atoms with Crippen LogP contribution in [0.15, 0.2) is 35.2 Å². The van der Waals surface area contributed by atoms with Gasteiger partial charge in [0.1, 0.15) is 0 Å². The third-order valence-corrected chi connectivity index (χ3v) is 3.90. The summed E-state index contributed by atoms with van der Waals surface area (Å²) >= 11 is 0.823. The van der Waals surface area contributed by atoms with Gasteiger partial charge in [0, 0.05) is 0 Å². The molecule has 0 bridgehead atoms. The molecule has 0 saturated carbocycles. The summed E-state index contributed by atoms with van der Waals surface area (Å²) in [5.41, 5.74) is 0. The molecule has 0 heterocycles. The Morgan fingerprint density at radius 3 is 2.00 bits per heavy atom. The Morgan fingerprint density at radius 1 is 1.20 bits per heavy atom. The molecule has 0 spiro atoms. The van der Waals surface area contributed by atoms with Crippen LogP contribution >= 0.6 is 12.4 Å². The quantitative estimate of drug-likeness (QED) is 0.528. The first-order valence-corrected chi connectivity index (χ1v) is 7.52. The monoisotopic (exact) mass is 225 g/mol. The molecule has 1 nitrogen and oxygen atoms in total. The van der Waals surface area contributed by atoms with E-state index in [0.717, 1.165) is 22.0 Å². The third kappa shape index (κ3) is 3.02. The van der Waals surface area contributed by atoms with E-state index in [4.69, 9.17) is 0 Å². The molecule has 10 heavy (non-hydrogen) atoms. The Kier molecular flexibility index (Phi) is 5.37. The molecule has 1 aromatic carbocycles. The Balaban J connectivity index is 0.000000810. The number of hydrogen-bond acceptors (Lipinski definition) is 1. The van der Waals surface area contributed by atoms with Gasteiger partial charge in [0.05, 0.1) is 0 Å². The molecule has 0 aliphatic heterocycles. The van der Waals surface area contributed by atoms with Gasteiger partial charge in [-0.05, 0) is 0 Å². The fourth-order valence-electron chi connectivity index (χ4n) is 0.572. The maximum atomic E-state index is 10.8. The van der Waals surface area contributed by atoms with Gasteiger partial charge in [0.25, 0.3) is 0 Å². The second-order valence-electron chi connectivity index (χ2n) is 1.66. The summed E-state index contributed by atoms with van der Waals surface area (Å²) in [7, 11) is -0.704. The number of rotatable bonds is 1. The van der Waals surface area contributed by atoms with Gasteiger partial charge in [0.15, 0.2) is 0 Å². The average molecular weight is 227 g/mol. The zero-order valence-electron chi connectivity index (χ0n) is 5.32. The fraction of sp³-hybridized carbons (Fsp3) is 0. The molecule has 1 aromatic rings. The molecule has 0 amide bonds. The number of halogens is 1. The van der Waals surface area contributed by atoms with E-state index in [-0.39, 0.29) is 12.4 Å². The Morgan fingerprint density at radius 2 is 1.70 bits per heavy atom. The minimum absolute atomic E-state index is 0. The van der Waals surface area contributed by atoms with Gasteiger partial charge in [-0.25, -0.2) is 0 Å². The van der Waals surface area contributed by atoms with Crippen LogP contribution in [0.25, 0.3) is 0 Å². The summed E-state index contributed by atoms with van der Waals surface area (Å²) in [4.78, 5) is 0.942. The molecule has 51 valence electrons.